The SMILES string of the molecule is CCOC(=O)C1=C(CSc2nnc(-c3ccoc3C)n2N)NC(=O)NC1c1ccccc1. The van der Waals surface area contributed by atoms with E-state index < -0.39 is 18.0 Å². The zero-order valence-electron chi connectivity index (χ0n) is 17.5. The first-order chi connectivity index (χ1) is 15.5. The van der Waals surface area contributed by atoms with Gasteiger partial charge in [-0.25, -0.2) is 14.3 Å². The van der Waals surface area contributed by atoms with Crippen molar-refractivity contribution < 1.29 is 18.7 Å². The first-order valence-corrected chi connectivity index (χ1v) is 10.9. The zero-order valence-corrected chi connectivity index (χ0v) is 18.3. The molecule has 0 radical (unpaired) electrons. The van der Waals surface area contributed by atoms with Crippen molar-refractivity contribution in [1.82, 2.24) is 25.5 Å². The number of esters is 1. The maximum Gasteiger partial charge on any atom is 0.338 e. The molecule has 0 fully saturated rings. The van der Waals surface area contributed by atoms with Crippen molar-refractivity contribution in [2.24, 2.45) is 0 Å². The summed E-state index contributed by atoms with van der Waals surface area (Å²) in [5.41, 5.74) is 2.26. The summed E-state index contributed by atoms with van der Waals surface area (Å²) in [4.78, 5) is 25.2. The molecule has 4 N–H and O–H groups in total. The number of nitrogens with two attached hydrogens (primary N) is 1. The van der Waals surface area contributed by atoms with Crippen LogP contribution in [-0.2, 0) is 9.53 Å². The number of rotatable bonds is 7. The van der Waals surface area contributed by atoms with Crippen LogP contribution >= 0.6 is 11.8 Å². The minimum Gasteiger partial charge on any atom is -0.469 e. The minimum atomic E-state index is -0.639. The number of benzene rings is 1. The molecule has 1 aromatic carbocycles. The van der Waals surface area contributed by atoms with Crippen molar-refractivity contribution in [3.8, 4) is 11.4 Å². The summed E-state index contributed by atoms with van der Waals surface area (Å²) in [6.45, 7) is 3.75. The lowest BCUT2D eigenvalue weighted by molar-refractivity contribution is -0.139. The summed E-state index contributed by atoms with van der Waals surface area (Å²) in [6.07, 6.45) is 1.55. The number of ether oxygens (including phenoxy) is 1. The van der Waals surface area contributed by atoms with Gasteiger partial charge in [0, 0.05) is 11.4 Å². The lowest BCUT2D eigenvalue weighted by atomic mass is 9.95. The molecular weight excluding hydrogens is 432 g/mol. The van der Waals surface area contributed by atoms with Crippen LogP contribution in [0.1, 0.15) is 24.3 Å². The van der Waals surface area contributed by atoms with Gasteiger partial charge in [0.2, 0.25) is 5.16 Å². The topological polar surface area (TPSA) is 137 Å². The number of carbonyl (C=O) groups is 2. The van der Waals surface area contributed by atoms with Gasteiger partial charge in [0.1, 0.15) is 5.76 Å². The van der Waals surface area contributed by atoms with Crippen molar-refractivity contribution in [2.45, 2.75) is 25.0 Å². The molecule has 3 aromatic rings. The zero-order chi connectivity index (χ0) is 22.7. The highest BCUT2D eigenvalue weighted by Gasteiger charge is 2.33. The number of nitrogens with zero attached hydrogens (tertiary/aromatic N) is 3. The highest BCUT2D eigenvalue weighted by molar-refractivity contribution is 7.99. The van der Waals surface area contributed by atoms with E-state index >= 15 is 0 Å². The highest BCUT2D eigenvalue weighted by Crippen LogP contribution is 2.31. The molecule has 32 heavy (non-hydrogen) atoms. The average molecular weight is 455 g/mol. The maximum absolute atomic E-state index is 12.8. The summed E-state index contributed by atoms with van der Waals surface area (Å²) in [7, 11) is 0. The number of furan rings is 1. The van der Waals surface area contributed by atoms with E-state index in [-0.39, 0.29) is 12.4 Å². The molecule has 0 aliphatic carbocycles. The second kappa shape index (κ2) is 9.18. The fourth-order valence-corrected chi connectivity index (χ4v) is 4.22. The Balaban J connectivity index is 1.65. The lowest BCUT2D eigenvalue weighted by Crippen LogP contribution is -2.46. The van der Waals surface area contributed by atoms with E-state index in [1.807, 2.05) is 37.3 Å². The molecule has 1 atom stereocenters. The minimum absolute atomic E-state index is 0.211. The van der Waals surface area contributed by atoms with Gasteiger partial charge in [-0.05, 0) is 25.5 Å². The smallest absolute Gasteiger partial charge is 0.338 e. The molecule has 0 bridgehead atoms. The fourth-order valence-electron chi connectivity index (χ4n) is 3.39. The quantitative estimate of drug-likeness (QED) is 0.281. The third-order valence-corrected chi connectivity index (χ3v) is 5.86. The van der Waals surface area contributed by atoms with Crippen molar-refractivity contribution >= 4 is 23.8 Å². The summed E-state index contributed by atoms with van der Waals surface area (Å²) in [6, 6.07) is 9.95. The normalized spacial score (nSPS) is 15.9. The predicted octanol–water partition coefficient (Wildman–Crippen LogP) is 2.52. The number of hydrogen-bond acceptors (Lipinski definition) is 8. The van der Waals surface area contributed by atoms with Gasteiger partial charge in [-0.3, -0.25) is 0 Å². The molecule has 166 valence electrons. The lowest BCUT2D eigenvalue weighted by Gasteiger charge is -2.29. The Morgan fingerprint density at radius 3 is 2.75 bits per heavy atom. The monoisotopic (exact) mass is 454 g/mol. The summed E-state index contributed by atoms with van der Waals surface area (Å²) >= 11 is 1.24. The second-order valence-electron chi connectivity index (χ2n) is 6.91. The van der Waals surface area contributed by atoms with E-state index in [1.165, 1.54) is 16.4 Å². The highest BCUT2D eigenvalue weighted by atomic mass is 32.2. The van der Waals surface area contributed by atoms with Gasteiger partial charge in [0.05, 0.1) is 30.0 Å². The molecule has 0 spiro atoms. The van der Waals surface area contributed by atoms with Crippen LogP contribution in [0, 0.1) is 6.92 Å². The van der Waals surface area contributed by atoms with Crippen molar-refractivity contribution in [1.29, 1.82) is 0 Å². The van der Waals surface area contributed by atoms with Gasteiger partial charge in [0.25, 0.3) is 0 Å². The molecular formula is C21H22N6O4S. The fraction of sp³-hybridized carbons (Fsp3) is 0.238. The van der Waals surface area contributed by atoms with E-state index in [1.54, 1.807) is 19.3 Å². The van der Waals surface area contributed by atoms with Crippen molar-refractivity contribution in [3.63, 3.8) is 0 Å². The first-order valence-electron chi connectivity index (χ1n) is 9.90. The van der Waals surface area contributed by atoms with Crippen LogP contribution in [-0.4, -0.2) is 39.2 Å². The molecule has 1 unspecified atom stereocenters. The van der Waals surface area contributed by atoms with E-state index in [0.29, 0.717) is 28.0 Å². The second-order valence-corrected chi connectivity index (χ2v) is 7.85. The average Bonchev–Trinajstić information content (AvgIpc) is 3.37. The molecule has 0 saturated carbocycles. The molecule has 10 nitrogen and oxygen atoms in total. The number of urea groups is 1. The van der Waals surface area contributed by atoms with Crippen LogP contribution in [0.25, 0.3) is 11.4 Å². The Bertz CT molecular complexity index is 1170. The van der Waals surface area contributed by atoms with E-state index in [9.17, 15) is 9.59 Å². The predicted molar refractivity (Wildman–Crippen MR) is 118 cm³/mol. The third-order valence-electron chi connectivity index (χ3n) is 4.89. The Morgan fingerprint density at radius 2 is 2.06 bits per heavy atom. The van der Waals surface area contributed by atoms with E-state index in [2.05, 4.69) is 20.8 Å². The number of amides is 2. The largest absolute Gasteiger partial charge is 0.469 e. The van der Waals surface area contributed by atoms with Crippen molar-refractivity contribution in [2.75, 3.05) is 18.2 Å². The Kier molecular flexibility index (Phi) is 6.17. The number of hydrogen-bond donors (Lipinski definition) is 3. The molecule has 1 aliphatic rings. The Hall–Kier alpha value is -3.73. The molecule has 0 saturated heterocycles. The first kappa shape index (κ1) is 21.5. The number of nitrogens with one attached hydrogen (secondary N) is 2. The molecule has 2 amide bonds. The van der Waals surface area contributed by atoms with Crippen LogP contribution in [0.3, 0.4) is 0 Å². The van der Waals surface area contributed by atoms with Crippen LogP contribution in [0.4, 0.5) is 4.79 Å². The number of nitrogen functional groups attached to an aromatic ring is 1. The van der Waals surface area contributed by atoms with Gasteiger partial charge >= 0.3 is 12.0 Å². The number of carbonyl (C=O) groups excluding carboxylic acids is 2. The Labute approximate surface area is 188 Å². The van der Waals surface area contributed by atoms with Crippen LogP contribution in [0.2, 0.25) is 0 Å². The Morgan fingerprint density at radius 1 is 1.28 bits per heavy atom. The maximum atomic E-state index is 12.8. The summed E-state index contributed by atoms with van der Waals surface area (Å²) in [5, 5.41) is 14.2. The van der Waals surface area contributed by atoms with Gasteiger partial charge in [-0.15, -0.1) is 10.2 Å². The van der Waals surface area contributed by atoms with Crippen LogP contribution in [0.15, 0.2) is 63.5 Å². The van der Waals surface area contributed by atoms with E-state index in [4.69, 9.17) is 15.0 Å². The summed E-state index contributed by atoms with van der Waals surface area (Å²) in [5.74, 6) is 7.03. The molecule has 2 aromatic heterocycles. The molecule has 11 heteroatoms. The van der Waals surface area contributed by atoms with Gasteiger partial charge < -0.3 is 25.6 Å². The number of thioether (sulfide) groups is 1. The molecule has 4 rings (SSSR count). The number of aryl methyl sites for hydroxylation is 1. The van der Waals surface area contributed by atoms with Gasteiger partial charge in [-0.2, -0.15) is 0 Å². The standard InChI is InChI=1S/C21H22N6O4S/c1-3-30-19(28)16-15(23-20(29)24-17(16)13-7-5-4-6-8-13)11-32-21-26-25-18(27(21)22)14-9-10-31-12(14)2/h4-10,17H,3,11,22H2,1-2H3,(H2,23,24,29). The third kappa shape index (κ3) is 4.19. The molecule has 3 heterocycles. The van der Waals surface area contributed by atoms with Gasteiger partial charge in [0.15, 0.2) is 5.82 Å². The van der Waals surface area contributed by atoms with Gasteiger partial charge in [-0.1, -0.05) is 42.1 Å². The van der Waals surface area contributed by atoms with Crippen LogP contribution < -0.4 is 16.5 Å². The van der Waals surface area contributed by atoms with Crippen LogP contribution in [0.5, 0.6) is 0 Å². The summed E-state index contributed by atoms with van der Waals surface area (Å²) < 4.78 is 11.9. The number of aromatic nitrogens is 3. The van der Waals surface area contributed by atoms with Crippen molar-refractivity contribution in [3.05, 3.63) is 65.3 Å². The van der Waals surface area contributed by atoms with E-state index in [0.717, 1.165) is 11.1 Å². The molecule has 1 aliphatic heterocycles.